The van der Waals surface area contributed by atoms with Crippen LogP contribution < -0.4 is 10.2 Å². The molecule has 3 rings (SSSR count). The highest BCUT2D eigenvalue weighted by Gasteiger charge is 2.15. The number of piperidine rings is 1. The van der Waals surface area contributed by atoms with E-state index in [0.29, 0.717) is 34.8 Å². The Bertz CT molecular complexity index is 800. The average molecular weight is 421 g/mol. The number of thioether (sulfide) groups is 1. The summed E-state index contributed by atoms with van der Waals surface area (Å²) >= 11 is 7.75. The number of methoxy groups -OCH3 is 1. The molecule has 1 amide bonds. The number of carbonyl (C=O) groups is 1. The molecule has 1 aromatic heterocycles. The van der Waals surface area contributed by atoms with Crippen molar-refractivity contribution in [3.05, 3.63) is 46.6 Å². The van der Waals surface area contributed by atoms with E-state index >= 15 is 0 Å². The number of ether oxygens (including phenoxy) is 1. The molecule has 0 saturated carbocycles. The van der Waals surface area contributed by atoms with E-state index in [2.05, 4.69) is 20.2 Å². The number of nitrogens with one attached hydrogen (secondary N) is 1. The lowest BCUT2D eigenvalue weighted by Crippen LogP contribution is -2.30. The fourth-order valence-electron chi connectivity index (χ4n) is 3.05. The molecule has 1 aliphatic rings. The van der Waals surface area contributed by atoms with Gasteiger partial charge in [-0.1, -0.05) is 35.5 Å². The van der Waals surface area contributed by atoms with Crippen LogP contribution in [0.3, 0.4) is 0 Å². The van der Waals surface area contributed by atoms with Crippen molar-refractivity contribution in [3.8, 4) is 0 Å². The Balaban J connectivity index is 1.63. The lowest BCUT2D eigenvalue weighted by atomic mass is 10.1. The monoisotopic (exact) mass is 420 g/mol. The Morgan fingerprint density at radius 3 is 2.86 bits per heavy atom. The maximum Gasteiger partial charge on any atom is 0.251 e. The topological polar surface area (TPSA) is 67.3 Å². The SMILES string of the molecule is COCCNC(=O)c1cccc(CSc2nc(Cl)cc(N3CCCCC3)n2)c1. The number of nitrogens with zero attached hydrogens (tertiary/aromatic N) is 3. The number of hydrogen-bond donors (Lipinski definition) is 1. The minimum atomic E-state index is -0.102. The first-order valence-electron chi connectivity index (χ1n) is 9.44. The first-order chi connectivity index (χ1) is 13.7. The molecular weight excluding hydrogens is 396 g/mol. The number of amides is 1. The number of hydrogen-bond acceptors (Lipinski definition) is 6. The van der Waals surface area contributed by atoms with Crippen molar-refractivity contribution in [2.24, 2.45) is 0 Å². The zero-order chi connectivity index (χ0) is 19.8. The van der Waals surface area contributed by atoms with Crippen molar-refractivity contribution in [2.75, 3.05) is 38.3 Å². The van der Waals surface area contributed by atoms with Gasteiger partial charge in [-0.05, 0) is 37.0 Å². The van der Waals surface area contributed by atoms with E-state index in [1.807, 2.05) is 24.3 Å². The normalized spacial score (nSPS) is 14.1. The first-order valence-corrected chi connectivity index (χ1v) is 10.8. The molecule has 28 heavy (non-hydrogen) atoms. The third kappa shape index (κ3) is 6.09. The first kappa shape index (κ1) is 20.9. The van der Waals surface area contributed by atoms with E-state index < -0.39 is 0 Å². The van der Waals surface area contributed by atoms with Crippen LogP contribution in [0.25, 0.3) is 0 Å². The quantitative estimate of drug-likeness (QED) is 0.303. The third-order valence-corrected chi connectivity index (χ3v) is 5.60. The van der Waals surface area contributed by atoms with E-state index in [1.165, 1.54) is 31.0 Å². The molecule has 1 aromatic carbocycles. The molecule has 0 atom stereocenters. The Labute approximate surface area is 175 Å². The summed E-state index contributed by atoms with van der Waals surface area (Å²) in [4.78, 5) is 23.5. The van der Waals surface area contributed by atoms with Crippen LogP contribution in [0.4, 0.5) is 5.82 Å². The molecule has 8 heteroatoms. The van der Waals surface area contributed by atoms with Crippen molar-refractivity contribution in [2.45, 2.75) is 30.2 Å². The van der Waals surface area contributed by atoms with Crippen molar-refractivity contribution < 1.29 is 9.53 Å². The van der Waals surface area contributed by atoms with Gasteiger partial charge in [-0.2, -0.15) is 0 Å². The summed E-state index contributed by atoms with van der Waals surface area (Å²) < 4.78 is 4.96. The summed E-state index contributed by atoms with van der Waals surface area (Å²) in [6, 6.07) is 9.42. The van der Waals surface area contributed by atoms with E-state index in [9.17, 15) is 4.79 Å². The average Bonchev–Trinajstić information content (AvgIpc) is 2.73. The lowest BCUT2D eigenvalue weighted by Gasteiger charge is -2.27. The summed E-state index contributed by atoms with van der Waals surface area (Å²) in [6.45, 7) is 3.01. The van der Waals surface area contributed by atoms with Crippen LogP contribution in [-0.4, -0.2) is 49.2 Å². The zero-order valence-electron chi connectivity index (χ0n) is 16.0. The van der Waals surface area contributed by atoms with E-state index in [0.717, 1.165) is 24.5 Å². The second-order valence-corrected chi connectivity index (χ2v) is 7.95. The maximum absolute atomic E-state index is 12.2. The molecule has 1 N–H and O–H groups in total. The van der Waals surface area contributed by atoms with Gasteiger partial charge >= 0.3 is 0 Å². The van der Waals surface area contributed by atoms with Crippen LogP contribution in [-0.2, 0) is 10.5 Å². The van der Waals surface area contributed by atoms with Crippen LogP contribution in [0.15, 0.2) is 35.5 Å². The molecule has 150 valence electrons. The number of aromatic nitrogens is 2. The summed E-state index contributed by atoms with van der Waals surface area (Å²) in [5.41, 5.74) is 1.67. The molecular formula is C20H25ClN4O2S. The van der Waals surface area contributed by atoms with Gasteiger partial charge in [0.1, 0.15) is 11.0 Å². The summed E-state index contributed by atoms with van der Waals surface area (Å²) in [5, 5.41) is 3.95. The molecule has 0 spiro atoms. The molecule has 0 radical (unpaired) electrons. The number of benzene rings is 1. The van der Waals surface area contributed by atoms with E-state index in [-0.39, 0.29) is 5.91 Å². The number of rotatable bonds is 8. The highest BCUT2D eigenvalue weighted by molar-refractivity contribution is 7.98. The van der Waals surface area contributed by atoms with Crippen LogP contribution in [0, 0.1) is 0 Å². The molecule has 1 aliphatic heterocycles. The van der Waals surface area contributed by atoms with Crippen molar-refractivity contribution in [1.82, 2.24) is 15.3 Å². The fourth-order valence-corrected chi connectivity index (χ4v) is 4.08. The Morgan fingerprint density at radius 1 is 1.25 bits per heavy atom. The van der Waals surface area contributed by atoms with Crippen molar-refractivity contribution in [3.63, 3.8) is 0 Å². The molecule has 0 unspecified atom stereocenters. The van der Waals surface area contributed by atoms with Crippen LogP contribution in [0.1, 0.15) is 35.2 Å². The van der Waals surface area contributed by atoms with Gasteiger partial charge < -0.3 is 15.0 Å². The summed E-state index contributed by atoms with van der Waals surface area (Å²) in [5.74, 6) is 1.46. The summed E-state index contributed by atoms with van der Waals surface area (Å²) in [6.07, 6.45) is 3.64. The standard InChI is InChI=1S/C20H25ClN4O2S/c1-27-11-8-22-19(26)16-7-5-6-15(12-16)14-28-20-23-17(21)13-18(24-20)25-9-3-2-4-10-25/h5-7,12-13H,2-4,8-11,14H2,1H3,(H,22,26). The highest BCUT2D eigenvalue weighted by atomic mass is 35.5. The number of halogens is 1. The molecule has 1 saturated heterocycles. The molecule has 2 heterocycles. The van der Waals surface area contributed by atoms with Crippen molar-refractivity contribution >= 4 is 35.1 Å². The van der Waals surface area contributed by atoms with Gasteiger partial charge in [0.25, 0.3) is 5.91 Å². The van der Waals surface area contributed by atoms with Gasteiger partial charge in [0.2, 0.25) is 0 Å². The third-order valence-electron chi connectivity index (χ3n) is 4.49. The van der Waals surface area contributed by atoms with Gasteiger partial charge in [0.05, 0.1) is 6.61 Å². The molecule has 6 nitrogen and oxygen atoms in total. The Morgan fingerprint density at radius 2 is 2.07 bits per heavy atom. The second-order valence-electron chi connectivity index (χ2n) is 6.62. The highest BCUT2D eigenvalue weighted by Crippen LogP contribution is 2.26. The largest absolute Gasteiger partial charge is 0.383 e. The van der Waals surface area contributed by atoms with E-state index in [4.69, 9.17) is 16.3 Å². The van der Waals surface area contributed by atoms with Gasteiger partial charge in [-0.25, -0.2) is 9.97 Å². The van der Waals surface area contributed by atoms with Crippen molar-refractivity contribution in [1.29, 1.82) is 0 Å². The molecule has 1 fully saturated rings. The smallest absolute Gasteiger partial charge is 0.251 e. The Hall–Kier alpha value is -1.83. The minimum absolute atomic E-state index is 0.102. The lowest BCUT2D eigenvalue weighted by molar-refractivity contribution is 0.0937. The van der Waals surface area contributed by atoms with Gasteiger partial charge in [0.15, 0.2) is 5.16 Å². The molecule has 0 bridgehead atoms. The van der Waals surface area contributed by atoms with Gasteiger partial charge in [-0.15, -0.1) is 0 Å². The number of anilines is 1. The summed E-state index contributed by atoms with van der Waals surface area (Å²) in [7, 11) is 1.61. The second kappa shape index (κ2) is 10.6. The van der Waals surface area contributed by atoms with E-state index in [1.54, 1.807) is 13.2 Å². The maximum atomic E-state index is 12.2. The fraction of sp³-hybridized carbons (Fsp3) is 0.450. The van der Waals surface area contributed by atoms with Gasteiger partial charge in [-0.3, -0.25) is 4.79 Å². The molecule has 0 aliphatic carbocycles. The van der Waals surface area contributed by atoms with Crippen LogP contribution in [0.5, 0.6) is 0 Å². The predicted octanol–water partition coefficient (Wildman–Crippen LogP) is 3.79. The predicted molar refractivity (Wildman–Crippen MR) is 113 cm³/mol. The van der Waals surface area contributed by atoms with Crippen LogP contribution >= 0.6 is 23.4 Å². The van der Waals surface area contributed by atoms with Gasteiger partial charge in [0, 0.05) is 44.1 Å². The number of carbonyl (C=O) groups excluding carboxylic acids is 1. The van der Waals surface area contributed by atoms with Crippen LogP contribution in [0.2, 0.25) is 5.15 Å². The Kier molecular flexibility index (Phi) is 7.94. The molecule has 2 aromatic rings. The minimum Gasteiger partial charge on any atom is -0.383 e. The zero-order valence-corrected chi connectivity index (χ0v) is 17.6.